The number of hydrogen-bond acceptors (Lipinski definition) is 7. The van der Waals surface area contributed by atoms with Crippen LogP contribution in [0.4, 0.5) is 9.93 Å². The number of benzene rings is 1. The van der Waals surface area contributed by atoms with Crippen LogP contribution in [0.5, 0.6) is 11.5 Å². The molecule has 1 aliphatic heterocycles. The maximum Gasteiger partial charge on any atom is 0.410 e. The molecule has 0 radical (unpaired) electrons. The van der Waals surface area contributed by atoms with Gasteiger partial charge in [0, 0.05) is 17.8 Å². The number of hydrogen-bond donors (Lipinski definition) is 1. The van der Waals surface area contributed by atoms with Crippen molar-refractivity contribution in [2.45, 2.75) is 19.9 Å². The van der Waals surface area contributed by atoms with Crippen LogP contribution in [0.15, 0.2) is 18.2 Å². The SMILES string of the molecule is CCOC(=O)N1CCc2nc(NC(=O)c3cccc(OC)c3OC)sc2C1. The molecule has 0 spiro atoms. The molecule has 144 valence electrons. The van der Waals surface area contributed by atoms with E-state index in [0.717, 1.165) is 10.6 Å². The second-order valence-corrected chi connectivity index (χ2v) is 6.84. The van der Waals surface area contributed by atoms with Gasteiger partial charge >= 0.3 is 6.09 Å². The first-order valence-corrected chi connectivity index (χ1v) is 9.31. The number of para-hydroxylation sites is 1. The zero-order chi connectivity index (χ0) is 19.4. The van der Waals surface area contributed by atoms with Crippen LogP contribution in [0.1, 0.15) is 27.9 Å². The van der Waals surface area contributed by atoms with Crippen LogP contribution in [0.25, 0.3) is 0 Å². The molecule has 1 aromatic carbocycles. The summed E-state index contributed by atoms with van der Waals surface area (Å²) in [5.74, 6) is 0.514. The standard InChI is InChI=1S/C18H21N3O5S/c1-4-26-18(23)21-9-8-12-14(10-21)27-17(19-12)20-16(22)11-6-5-7-13(24-2)15(11)25-3/h5-7H,4,8-10H2,1-3H3,(H,19,20,22). The van der Waals surface area contributed by atoms with Gasteiger partial charge in [0.05, 0.1) is 38.6 Å². The van der Waals surface area contributed by atoms with Crippen molar-refractivity contribution < 1.29 is 23.8 Å². The average molecular weight is 391 g/mol. The lowest BCUT2D eigenvalue weighted by molar-refractivity contribution is 0.102. The quantitative estimate of drug-likeness (QED) is 0.843. The predicted octanol–water partition coefficient (Wildman–Crippen LogP) is 2.93. The fraction of sp³-hybridized carbons (Fsp3) is 0.389. The van der Waals surface area contributed by atoms with Crippen LogP contribution in [-0.4, -0.2) is 49.3 Å². The van der Waals surface area contributed by atoms with E-state index in [9.17, 15) is 9.59 Å². The number of ether oxygens (including phenoxy) is 3. The molecule has 0 fully saturated rings. The van der Waals surface area contributed by atoms with E-state index in [1.807, 2.05) is 0 Å². The summed E-state index contributed by atoms with van der Waals surface area (Å²) in [6, 6.07) is 5.11. The predicted molar refractivity (Wildman–Crippen MR) is 101 cm³/mol. The molecule has 2 amide bonds. The summed E-state index contributed by atoms with van der Waals surface area (Å²) >= 11 is 1.36. The number of methoxy groups -OCH3 is 2. The Bertz CT molecular complexity index is 852. The molecule has 0 bridgehead atoms. The lowest BCUT2D eigenvalue weighted by Crippen LogP contribution is -2.35. The third kappa shape index (κ3) is 3.97. The molecule has 2 aromatic rings. The molecule has 0 unspecified atom stereocenters. The molecule has 27 heavy (non-hydrogen) atoms. The number of rotatable bonds is 5. The summed E-state index contributed by atoms with van der Waals surface area (Å²) in [6.45, 7) is 3.10. The van der Waals surface area contributed by atoms with E-state index in [0.29, 0.717) is 48.3 Å². The Labute approximate surface area is 161 Å². The summed E-state index contributed by atoms with van der Waals surface area (Å²) in [5.41, 5.74) is 1.26. The van der Waals surface area contributed by atoms with Gasteiger partial charge in [0.1, 0.15) is 0 Å². The molecule has 8 nitrogen and oxygen atoms in total. The van der Waals surface area contributed by atoms with Crippen LogP contribution in [-0.2, 0) is 17.7 Å². The number of nitrogens with zero attached hydrogens (tertiary/aromatic N) is 2. The molecule has 2 heterocycles. The van der Waals surface area contributed by atoms with Crippen molar-refractivity contribution in [3.63, 3.8) is 0 Å². The molecule has 1 aromatic heterocycles. The van der Waals surface area contributed by atoms with Gasteiger partial charge in [-0.25, -0.2) is 9.78 Å². The van der Waals surface area contributed by atoms with Crippen LogP contribution in [0.3, 0.4) is 0 Å². The highest BCUT2D eigenvalue weighted by atomic mass is 32.1. The number of amides is 2. The fourth-order valence-corrected chi connectivity index (χ4v) is 3.87. The highest BCUT2D eigenvalue weighted by molar-refractivity contribution is 7.15. The van der Waals surface area contributed by atoms with Crippen molar-refractivity contribution in [3.8, 4) is 11.5 Å². The summed E-state index contributed by atoms with van der Waals surface area (Å²) in [5, 5.41) is 3.30. The molecule has 1 N–H and O–H groups in total. The van der Waals surface area contributed by atoms with Crippen molar-refractivity contribution in [1.29, 1.82) is 0 Å². The second kappa shape index (κ2) is 8.26. The molecule has 1 aliphatic rings. The Morgan fingerprint density at radius 1 is 1.30 bits per heavy atom. The number of thiazole rings is 1. The van der Waals surface area contributed by atoms with Gasteiger partial charge in [0.25, 0.3) is 5.91 Å². The summed E-state index contributed by atoms with van der Waals surface area (Å²) < 4.78 is 15.6. The first-order valence-electron chi connectivity index (χ1n) is 8.50. The fourth-order valence-electron chi connectivity index (χ4n) is 2.85. The van der Waals surface area contributed by atoms with Gasteiger partial charge in [-0.2, -0.15) is 0 Å². The van der Waals surface area contributed by atoms with E-state index in [1.54, 1.807) is 30.0 Å². The van der Waals surface area contributed by atoms with Crippen molar-refractivity contribution >= 4 is 28.5 Å². The number of fused-ring (bicyclic) bond motifs is 1. The van der Waals surface area contributed by atoms with Crippen LogP contribution in [0, 0.1) is 0 Å². The third-order valence-electron chi connectivity index (χ3n) is 4.13. The van der Waals surface area contributed by atoms with Crippen molar-refractivity contribution in [2.24, 2.45) is 0 Å². The van der Waals surface area contributed by atoms with Gasteiger partial charge in [0.2, 0.25) is 0 Å². The molecule has 0 atom stereocenters. The minimum atomic E-state index is -0.334. The minimum absolute atomic E-state index is 0.330. The van der Waals surface area contributed by atoms with Gasteiger partial charge in [-0.1, -0.05) is 17.4 Å². The van der Waals surface area contributed by atoms with Gasteiger partial charge in [-0.15, -0.1) is 0 Å². The molecule has 9 heteroatoms. The van der Waals surface area contributed by atoms with Crippen LogP contribution in [0.2, 0.25) is 0 Å². The lowest BCUT2D eigenvalue weighted by Gasteiger charge is -2.24. The van der Waals surface area contributed by atoms with Gasteiger partial charge in [-0.3, -0.25) is 10.1 Å². The Morgan fingerprint density at radius 2 is 2.11 bits per heavy atom. The van der Waals surface area contributed by atoms with Crippen LogP contribution >= 0.6 is 11.3 Å². The smallest absolute Gasteiger partial charge is 0.410 e. The van der Waals surface area contributed by atoms with Crippen molar-refractivity contribution in [1.82, 2.24) is 9.88 Å². The minimum Gasteiger partial charge on any atom is -0.493 e. The first-order chi connectivity index (χ1) is 13.1. The van der Waals surface area contributed by atoms with Crippen LogP contribution < -0.4 is 14.8 Å². The van der Waals surface area contributed by atoms with E-state index in [-0.39, 0.29) is 12.0 Å². The van der Waals surface area contributed by atoms with Gasteiger partial charge < -0.3 is 19.1 Å². The topological polar surface area (TPSA) is 90.0 Å². The molecular weight excluding hydrogens is 370 g/mol. The number of carbonyl (C=O) groups is 2. The average Bonchev–Trinajstić information content (AvgIpc) is 3.08. The van der Waals surface area contributed by atoms with E-state index < -0.39 is 0 Å². The van der Waals surface area contributed by atoms with Crippen molar-refractivity contribution in [2.75, 3.05) is 32.7 Å². The van der Waals surface area contributed by atoms with Gasteiger partial charge in [0.15, 0.2) is 16.6 Å². The lowest BCUT2D eigenvalue weighted by atomic mass is 10.1. The largest absolute Gasteiger partial charge is 0.493 e. The molecule has 0 saturated heterocycles. The van der Waals surface area contributed by atoms with E-state index >= 15 is 0 Å². The summed E-state index contributed by atoms with van der Waals surface area (Å²) in [4.78, 5) is 31.6. The summed E-state index contributed by atoms with van der Waals surface area (Å²) in [7, 11) is 3.00. The summed E-state index contributed by atoms with van der Waals surface area (Å²) in [6.07, 6.45) is 0.298. The normalized spacial score (nSPS) is 12.9. The van der Waals surface area contributed by atoms with E-state index in [4.69, 9.17) is 14.2 Å². The van der Waals surface area contributed by atoms with E-state index in [1.165, 1.54) is 25.6 Å². The Kier molecular flexibility index (Phi) is 5.80. The zero-order valence-corrected chi connectivity index (χ0v) is 16.2. The molecular formula is C18H21N3O5S. The number of aromatic nitrogens is 1. The van der Waals surface area contributed by atoms with Gasteiger partial charge in [-0.05, 0) is 19.1 Å². The molecule has 0 aliphatic carbocycles. The highest BCUT2D eigenvalue weighted by Crippen LogP contribution is 2.33. The maximum atomic E-state index is 12.7. The Hall–Kier alpha value is -2.81. The Morgan fingerprint density at radius 3 is 2.81 bits per heavy atom. The monoisotopic (exact) mass is 391 g/mol. The number of carbonyl (C=O) groups excluding carboxylic acids is 2. The maximum absolute atomic E-state index is 12.7. The number of anilines is 1. The molecule has 3 rings (SSSR count). The van der Waals surface area contributed by atoms with Crippen molar-refractivity contribution in [3.05, 3.63) is 34.3 Å². The zero-order valence-electron chi connectivity index (χ0n) is 15.4. The number of nitrogens with one attached hydrogen (secondary N) is 1. The Balaban J connectivity index is 1.75. The second-order valence-electron chi connectivity index (χ2n) is 5.75. The van der Waals surface area contributed by atoms with E-state index in [2.05, 4.69) is 10.3 Å². The first kappa shape index (κ1) is 19.0. The third-order valence-corrected chi connectivity index (χ3v) is 5.12. The molecule has 0 saturated carbocycles. The highest BCUT2D eigenvalue weighted by Gasteiger charge is 2.26.